The largest absolute Gasteiger partial charge is 0.550 e. The summed E-state index contributed by atoms with van der Waals surface area (Å²) >= 11 is 0. The van der Waals surface area contributed by atoms with Gasteiger partial charge in [0, 0.05) is 25.2 Å². The molecule has 1 aliphatic rings. The molecule has 0 radical (unpaired) electrons. The summed E-state index contributed by atoms with van der Waals surface area (Å²) in [6.07, 6.45) is -0.166. The number of likely N-dealkylation sites (tertiary alicyclic amines) is 1. The topological polar surface area (TPSA) is 86.7 Å². The molecule has 0 spiro atoms. The standard InChI is InChI=1S/C14H15NO5/c1-20-10-4-2-9(3-5-10)11(8-14(18)19)15-12(16)6-7-13(15)17/h2-5,11H,6-8H2,1H3,(H,18,19)/p-1/t11-/m1/s1. The van der Waals surface area contributed by atoms with Crippen LogP contribution in [-0.4, -0.2) is 29.8 Å². The summed E-state index contributed by atoms with van der Waals surface area (Å²) in [5.41, 5.74) is 0.568. The van der Waals surface area contributed by atoms with Crippen molar-refractivity contribution in [3.8, 4) is 5.75 Å². The van der Waals surface area contributed by atoms with Gasteiger partial charge < -0.3 is 14.6 Å². The molecule has 20 heavy (non-hydrogen) atoms. The first-order valence-corrected chi connectivity index (χ1v) is 6.21. The Hall–Kier alpha value is -2.37. The third-order valence-corrected chi connectivity index (χ3v) is 3.26. The van der Waals surface area contributed by atoms with Crippen molar-refractivity contribution in [1.29, 1.82) is 0 Å². The zero-order valence-corrected chi connectivity index (χ0v) is 11.0. The highest BCUT2D eigenvalue weighted by atomic mass is 16.5. The number of carboxylic acids is 1. The molecule has 1 heterocycles. The van der Waals surface area contributed by atoms with E-state index in [1.165, 1.54) is 7.11 Å². The molecule has 0 bridgehead atoms. The van der Waals surface area contributed by atoms with E-state index in [0.29, 0.717) is 11.3 Å². The minimum absolute atomic E-state index is 0.124. The molecule has 0 N–H and O–H groups in total. The number of amides is 2. The number of carbonyl (C=O) groups is 3. The van der Waals surface area contributed by atoms with Gasteiger partial charge in [0.25, 0.3) is 0 Å². The first-order chi connectivity index (χ1) is 9.52. The number of methoxy groups -OCH3 is 1. The molecule has 0 unspecified atom stereocenters. The number of imide groups is 1. The zero-order chi connectivity index (χ0) is 14.7. The highest BCUT2D eigenvalue weighted by Gasteiger charge is 2.35. The van der Waals surface area contributed by atoms with Crippen LogP contribution in [0.5, 0.6) is 5.75 Å². The molecular formula is C14H14NO5-. The van der Waals surface area contributed by atoms with Gasteiger partial charge in [0.1, 0.15) is 5.75 Å². The fourth-order valence-electron chi connectivity index (χ4n) is 2.28. The molecule has 0 aliphatic carbocycles. The number of nitrogens with zero attached hydrogens (tertiary/aromatic N) is 1. The smallest absolute Gasteiger partial charge is 0.230 e. The molecule has 2 amide bonds. The maximum absolute atomic E-state index is 11.8. The molecule has 1 aromatic rings. The average Bonchev–Trinajstić information content (AvgIpc) is 2.76. The molecule has 1 aromatic carbocycles. The highest BCUT2D eigenvalue weighted by Crippen LogP contribution is 2.30. The predicted molar refractivity (Wildman–Crippen MR) is 66.4 cm³/mol. The number of rotatable bonds is 5. The molecule has 1 saturated heterocycles. The van der Waals surface area contributed by atoms with Crippen LogP contribution in [0.15, 0.2) is 24.3 Å². The summed E-state index contributed by atoms with van der Waals surface area (Å²) in [4.78, 5) is 35.5. The number of hydrogen-bond donors (Lipinski definition) is 0. The van der Waals surface area contributed by atoms with Crippen molar-refractivity contribution in [2.45, 2.75) is 25.3 Å². The van der Waals surface area contributed by atoms with Crippen LogP contribution in [-0.2, 0) is 14.4 Å². The lowest BCUT2D eigenvalue weighted by atomic mass is 10.0. The van der Waals surface area contributed by atoms with Crippen molar-refractivity contribution >= 4 is 17.8 Å². The fourth-order valence-corrected chi connectivity index (χ4v) is 2.28. The Morgan fingerprint density at radius 1 is 1.25 bits per heavy atom. The van der Waals surface area contributed by atoms with E-state index in [-0.39, 0.29) is 24.7 Å². The molecular weight excluding hydrogens is 262 g/mol. The van der Waals surface area contributed by atoms with E-state index in [1.807, 2.05) is 0 Å². The van der Waals surface area contributed by atoms with Crippen LogP contribution in [0.1, 0.15) is 30.9 Å². The van der Waals surface area contributed by atoms with E-state index >= 15 is 0 Å². The molecule has 106 valence electrons. The van der Waals surface area contributed by atoms with Crippen LogP contribution >= 0.6 is 0 Å². The van der Waals surface area contributed by atoms with Crippen molar-refractivity contribution in [1.82, 2.24) is 4.90 Å². The molecule has 1 fully saturated rings. The SMILES string of the molecule is COc1ccc([C@@H](CC(=O)[O-])N2C(=O)CCC2=O)cc1. The number of ether oxygens (including phenoxy) is 1. The van der Waals surface area contributed by atoms with Gasteiger partial charge in [-0.2, -0.15) is 0 Å². The van der Waals surface area contributed by atoms with Gasteiger partial charge in [0.05, 0.1) is 13.2 Å². The Morgan fingerprint density at radius 3 is 2.25 bits per heavy atom. The molecule has 6 nitrogen and oxygen atoms in total. The Bertz CT molecular complexity index is 521. The van der Waals surface area contributed by atoms with Crippen molar-refractivity contribution < 1.29 is 24.2 Å². The Balaban J connectivity index is 2.33. The third-order valence-electron chi connectivity index (χ3n) is 3.26. The molecule has 0 aromatic heterocycles. The van der Waals surface area contributed by atoms with Gasteiger partial charge in [-0.25, -0.2) is 0 Å². The number of hydrogen-bond acceptors (Lipinski definition) is 5. The van der Waals surface area contributed by atoms with E-state index < -0.39 is 18.4 Å². The average molecular weight is 276 g/mol. The normalized spacial score (nSPS) is 16.4. The van der Waals surface area contributed by atoms with Crippen molar-refractivity contribution in [3.63, 3.8) is 0 Å². The lowest BCUT2D eigenvalue weighted by Gasteiger charge is -2.27. The number of carboxylic acid groups (broad SMARTS) is 1. The van der Waals surface area contributed by atoms with Crippen LogP contribution < -0.4 is 9.84 Å². The van der Waals surface area contributed by atoms with Gasteiger partial charge in [0.15, 0.2) is 0 Å². The Labute approximate surface area is 115 Å². The van der Waals surface area contributed by atoms with Gasteiger partial charge in [-0.1, -0.05) is 12.1 Å². The maximum Gasteiger partial charge on any atom is 0.230 e. The van der Waals surface area contributed by atoms with Crippen LogP contribution in [0.25, 0.3) is 0 Å². The van der Waals surface area contributed by atoms with Crippen LogP contribution in [0.4, 0.5) is 0 Å². The first kappa shape index (κ1) is 14.0. The minimum atomic E-state index is -1.31. The summed E-state index contributed by atoms with van der Waals surface area (Å²) in [5.74, 6) is -1.40. The summed E-state index contributed by atoms with van der Waals surface area (Å²) in [6, 6.07) is 5.77. The maximum atomic E-state index is 11.8. The fraction of sp³-hybridized carbons (Fsp3) is 0.357. The van der Waals surface area contributed by atoms with Gasteiger partial charge in [-0.3, -0.25) is 14.5 Å². The lowest BCUT2D eigenvalue weighted by molar-refractivity contribution is -0.306. The monoisotopic (exact) mass is 276 g/mol. The van der Waals surface area contributed by atoms with E-state index in [2.05, 4.69) is 0 Å². The van der Waals surface area contributed by atoms with Gasteiger partial charge in [-0.15, -0.1) is 0 Å². The van der Waals surface area contributed by atoms with E-state index in [9.17, 15) is 19.5 Å². The molecule has 1 aliphatic heterocycles. The Morgan fingerprint density at radius 2 is 1.80 bits per heavy atom. The Kier molecular flexibility index (Phi) is 4.02. The zero-order valence-electron chi connectivity index (χ0n) is 11.0. The summed E-state index contributed by atoms with van der Waals surface area (Å²) in [7, 11) is 1.52. The first-order valence-electron chi connectivity index (χ1n) is 6.21. The van der Waals surface area contributed by atoms with Crippen molar-refractivity contribution in [3.05, 3.63) is 29.8 Å². The van der Waals surface area contributed by atoms with E-state index in [1.54, 1.807) is 24.3 Å². The second kappa shape index (κ2) is 5.73. The summed E-state index contributed by atoms with van der Waals surface area (Å²) in [5, 5.41) is 10.9. The second-order valence-corrected chi connectivity index (χ2v) is 4.52. The van der Waals surface area contributed by atoms with Gasteiger partial charge in [-0.05, 0) is 17.7 Å². The highest BCUT2D eigenvalue weighted by molar-refractivity contribution is 6.02. The molecule has 1 atom stereocenters. The lowest BCUT2D eigenvalue weighted by Crippen LogP contribution is -2.37. The number of carbonyl (C=O) groups excluding carboxylic acids is 3. The predicted octanol–water partition coefficient (Wildman–Crippen LogP) is 0.0253. The van der Waals surface area contributed by atoms with Crippen molar-refractivity contribution in [2.75, 3.05) is 7.11 Å². The summed E-state index contributed by atoms with van der Waals surface area (Å²) in [6.45, 7) is 0. The van der Waals surface area contributed by atoms with Gasteiger partial charge in [0.2, 0.25) is 11.8 Å². The molecule has 0 saturated carbocycles. The second-order valence-electron chi connectivity index (χ2n) is 4.52. The quantitative estimate of drug-likeness (QED) is 0.708. The number of benzene rings is 1. The number of aliphatic carboxylic acids is 1. The van der Waals surface area contributed by atoms with Crippen LogP contribution in [0.2, 0.25) is 0 Å². The third kappa shape index (κ3) is 2.79. The van der Waals surface area contributed by atoms with Crippen molar-refractivity contribution in [2.24, 2.45) is 0 Å². The van der Waals surface area contributed by atoms with E-state index in [0.717, 1.165) is 4.90 Å². The van der Waals surface area contributed by atoms with Crippen LogP contribution in [0, 0.1) is 0 Å². The minimum Gasteiger partial charge on any atom is -0.550 e. The summed E-state index contributed by atoms with van der Waals surface area (Å²) < 4.78 is 5.02. The van der Waals surface area contributed by atoms with E-state index in [4.69, 9.17) is 4.74 Å². The molecule has 6 heteroatoms. The van der Waals surface area contributed by atoms with Crippen LogP contribution in [0.3, 0.4) is 0 Å². The van der Waals surface area contributed by atoms with Gasteiger partial charge >= 0.3 is 0 Å². The molecule has 2 rings (SSSR count).